The molecule has 0 spiro atoms. The molecule has 118 valence electrons. The van der Waals surface area contributed by atoms with Crippen molar-refractivity contribution in [2.45, 2.75) is 45.1 Å². The van der Waals surface area contributed by atoms with Crippen LogP contribution in [-0.2, 0) is 19.3 Å². The van der Waals surface area contributed by atoms with Gasteiger partial charge in [0, 0.05) is 30.3 Å². The van der Waals surface area contributed by atoms with Crippen molar-refractivity contribution in [1.82, 2.24) is 15.6 Å². The largest absolute Gasteiger partial charge is 0.469 e. The molecule has 0 aliphatic heterocycles. The molecule has 1 unspecified atom stereocenters. The molecule has 1 aliphatic rings. The van der Waals surface area contributed by atoms with Crippen LogP contribution in [0.25, 0.3) is 0 Å². The van der Waals surface area contributed by atoms with Gasteiger partial charge in [-0.25, -0.2) is 9.78 Å². The molecule has 0 saturated heterocycles. The Bertz CT molecular complexity index is 635. The number of hydrogen-bond donors (Lipinski definition) is 2. The summed E-state index contributed by atoms with van der Waals surface area (Å²) in [6, 6.07) is 1.90. The maximum atomic E-state index is 12.0. The van der Waals surface area contributed by atoms with Crippen LogP contribution in [0.4, 0.5) is 4.79 Å². The van der Waals surface area contributed by atoms with Crippen LogP contribution in [0.15, 0.2) is 22.1 Å². The predicted octanol–water partition coefficient (Wildman–Crippen LogP) is 3.22. The van der Waals surface area contributed by atoms with Gasteiger partial charge in [0.1, 0.15) is 5.76 Å². The molecule has 22 heavy (non-hydrogen) atoms. The first-order chi connectivity index (χ1) is 10.8. The Kier molecular flexibility index (Phi) is 4.77. The van der Waals surface area contributed by atoms with E-state index >= 15 is 0 Å². The van der Waals surface area contributed by atoms with Gasteiger partial charge >= 0.3 is 6.03 Å². The highest BCUT2D eigenvalue weighted by atomic mass is 32.1. The zero-order valence-electron chi connectivity index (χ0n) is 12.7. The average molecular weight is 319 g/mol. The van der Waals surface area contributed by atoms with Crippen molar-refractivity contribution in [2.75, 3.05) is 6.54 Å². The molecule has 1 atom stereocenters. The summed E-state index contributed by atoms with van der Waals surface area (Å²) in [5.74, 6) is 1.01. The molecule has 1 aliphatic carbocycles. The van der Waals surface area contributed by atoms with Gasteiger partial charge < -0.3 is 15.1 Å². The van der Waals surface area contributed by atoms with E-state index in [4.69, 9.17) is 4.42 Å². The molecule has 2 aromatic rings. The summed E-state index contributed by atoms with van der Waals surface area (Å²) in [5.41, 5.74) is 2.17. The number of furan rings is 1. The second-order valence-corrected chi connectivity index (χ2v) is 6.42. The molecule has 3 rings (SSSR count). The number of rotatable bonds is 5. The smallest absolute Gasteiger partial charge is 0.315 e. The van der Waals surface area contributed by atoms with Gasteiger partial charge in [-0.15, -0.1) is 11.3 Å². The fourth-order valence-corrected chi connectivity index (χ4v) is 3.56. The highest BCUT2D eigenvalue weighted by Crippen LogP contribution is 2.30. The molecule has 2 amide bonds. The number of nitrogens with one attached hydrogen (secondary N) is 2. The van der Waals surface area contributed by atoms with E-state index in [0.717, 1.165) is 54.1 Å². The van der Waals surface area contributed by atoms with E-state index in [9.17, 15) is 4.79 Å². The molecule has 2 aromatic heterocycles. The lowest BCUT2D eigenvalue weighted by Gasteiger charge is -2.22. The van der Waals surface area contributed by atoms with E-state index in [0.29, 0.717) is 6.54 Å². The van der Waals surface area contributed by atoms with Crippen molar-refractivity contribution in [3.05, 3.63) is 39.7 Å². The molecule has 0 fully saturated rings. The van der Waals surface area contributed by atoms with E-state index in [1.54, 1.807) is 17.6 Å². The predicted molar refractivity (Wildman–Crippen MR) is 86.1 cm³/mol. The van der Waals surface area contributed by atoms with E-state index in [-0.39, 0.29) is 12.1 Å². The van der Waals surface area contributed by atoms with Gasteiger partial charge in [-0.05, 0) is 25.3 Å². The topological polar surface area (TPSA) is 67.2 Å². The number of aromatic nitrogens is 1. The molecule has 6 heteroatoms. The summed E-state index contributed by atoms with van der Waals surface area (Å²) in [6.45, 7) is 2.70. The Hall–Kier alpha value is -1.82. The first-order valence-electron chi connectivity index (χ1n) is 7.80. The normalized spacial score (nSPS) is 17.0. The minimum absolute atomic E-state index is 0.0634. The van der Waals surface area contributed by atoms with Gasteiger partial charge in [0.2, 0.25) is 0 Å². The molecular weight excluding hydrogens is 298 g/mol. The average Bonchev–Trinajstić information content (AvgIpc) is 3.16. The molecular formula is C16H21N3O2S. The summed E-state index contributed by atoms with van der Waals surface area (Å²) < 4.78 is 5.44. The molecule has 0 saturated carbocycles. The van der Waals surface area contributed by atoms with Gasteiger partial charge in [-0.3, -0.25) is 0 Å². The number of hydrogen-bond acceptors (Lipinski definition) is 4. The van der Waals surface area contributed by atoms with E-state index in [1.165, 1.54) is 0 Å². The number of carbonyl (C=O) groups excluding carboxylic acids is 1. The van der Waals surface area contributed by atoms with Crippen LogP contribution in [-0.4, -0.2) is 17.6 Å². The fourth-order valence-electron chi connectivity index (χ4n) is 2.78. The van der Waals surface area contributed by atoms with Crippen molar-refractivity contribution < 1.29 is 9.21 Å². The van der Waals surface area contributed by atoms with Crippen molar-refractivity contribution in [3.8, 4) is 0 Å². The molecule has 0 radical (unpaired) electrons. The third kappa shape index (κ3) is 3.50. The van der Waals surface area contributed by atoms with E-state index in [1.807, 2.05) is 6.07 Å². The van der Waals surface area contributed by atoms with E-state index in [2.05, 4.69) is 27.9 Å². The lowest BCUT2D eigenvalue weighted by Crippen LogP contribution is -2.39. The van der Waals surface area contributed by atoms with Crippen LogP contribution in [0.3, 0.4) is 0 Å². The monoisotopic (exact) mass is 319 g/mol. The summed E-state index contributed by atoms with van der Waals surface area (Å²) in [5, 5.41) is 9.16. The zero-order chi connectivity index (χ0) is 15.4. The van der Waals surface area contributed by atoms with Crippen molar-refractivity contribution in [2.24, 2.45) is 0 Å². The van der Waals surface area contributed by atoms with Gasteiger partial charge in [-0.1, -0.05) is 6.92 Å². The van der Waals surface area contributed by atoms with Crippen molar-refractivity contribution in [1.29, 1.82) is 0 Å². The highest BCUT2D eigenvalue weighted by molar-refractivity contribution is 7.09. The highest BCUT2D eigenvalue weighted by Gasteiger charge is 2.23. The molecule has 2 heterocycles. The number of amides is 2. The van der Waals surface area contributed by atoms with Crippen LogP contribution in [0.2, 0.25) is 0 Å². The van der Waals surface area contributed by atoms with Gasteiger partial charge in [-0.2, -0.15) is 0 Å². The number of fused-ring (bicyclic) bond motifs is 1. The third-order valence-electron chi connectivity index (χ3n) is 3.93. The van der Waals surface area contributed by atoms with Crippen molar-refractivity contribution in [3.63, 3.8) is 0 Å². The Morgan fingerprint density at radius 2 is 2.45 bits per heavy atom. The summed E-state index contributed by atoms with van der Waals surface area (Å²) in [4.78, 5) is 16.5. The second-order valence-electron chi connectivity index (χ2n) is 5.48. The fraction of sp³-hybridized carbons (Fsp3) is 0.500. The SMILES string of the molecule is CCc1nc(CCNC(=O)NC2CCCc3occc32)cs1. The Labute approximate surface area is 134 Å². The standard InChI is InChI=1S/C16H21N3O2S/c1-2-15-18-11(10-22-15)6-8-17-16(20)19-13-4-3-5-14-12(13)7-9-21-14/h7,9-10,13H,2-6,8H2,1H3,(H2,17,19,20). The van der Waals surface area contributed by atoms with Crippen molar-refractivity contribution >= 4 is 17.4 Å². The van der Waals surface area contributed by atoms with Gasteiger partial charge in [0.15, 0.2) is 0 Å². The Balaban J connectivity index is 1.45. The lowest BCUT2D eigenvalue weighted by atomic mass is 9.93. The number of thiazole rings is 1. The van der Waals surface area contributed by atoms with Crippen LogP contribution in [0.5, 0.6) is 0 Å². The maximum Gasteiger partial charge on any atom is 0.315 e. The quantitative estimate of drug-likeness (QED) is 0.889. The molecule has 2 N–H and O–H groups in total. The number of nitrogens with zero attached hydrogens (tertiary/aromatic N) is 1. The molecule has 0 aromatic carbocycles. The summed E-state index contributed by atoms with van der Waals surface area (Å²) >= 11 is 1.68. The molecule has 0 bridgehead atoms. The lowest BCUT2D eigenvalue weighted by molar-refractivity contribution is 0.235. The first-order valence-corrected chi connectivity index (χ1v) is 8.68. The number of urea groups is 1. The zero-order valence-corrected chi connectivity index (χ0v) is 13.5. The minimum Gasteiger partial charge on any atom is -0.469 e. The maximum absolute atomic E-state index is 12.0. The second kappa shape index (κ2) is 6.96. The van der Waals surface area contributed by atoms with Crippen LogP contribution in [0, 0.1) is 0 Å². The summed E-state index contributed by atoms with van der Waals surface area (Å²) in [7, 11) is 0. The number of carbonyl (C=O) groups is 1. The molecule has 5 nitrogen and oxygen atoms in total. The summed E-state index contributed by atoms with van der Waals surface area (Å²) in [6.07, 6.45) is 6.41. The van der Waals surface area contributed by atoms with E-state index < -0.39 is 0 Å². The van der Waals surface area contributed by atoms with Crippen LogP contribution >= 0.6 is 11.3 Å². The Morgan fingerprint density at radius 1 is 1.55 bits per heavy atom. The van der Waals surface area contributed by atoms with Gasteiger partial charge in [0.05, 0.1) is 23.0 Å². The third-order valence-corrected chi connectivity index (χ3v) is 4.97. The Morgan fingerprint density at radius 3 is 3.27 bits per heavy atom. The minimum atomic E-state index is -0.120. The first kappa shape index (κ1) is 15.1. The van der Waals surface area contributed by atoms with Crippen LogP contribution in [0.1, 0.15) is 47.8 Å². The van der Waals surface area contributed by atoms with Crippen LogP contribution < -0.4 is 10.6 Å². The van der Waals surface area contributed by atoms with Gasteiger partial charge in [0.25, 0.3) is 0 Å². The number of aryl methyl sites for hydroxylation is 2.